The predicted molar refractivity (Wildman–Crippen MR) is 86.8 cm³/mol. The second kappa shape index (κ2) is 5.79. The Labute approximate surface area is 130 Å². The summed E-state index contributed by atoms with van der Waals surface area (Å²) in [7, 11) is 1.60. The molecular formula is C14H14N4OS2. The molecule has 0 radical (unpaired) electrons. The molecule has 0 fully saturated rings. The molecule has 21 heavy (non-hydrogen) atoms. The lowest BCUT2D eigenvalue weighted by Gasteiger charge is -2.03. The highest BCUT2D eigenvalue weighted by molar-refractivity contribution is 7.16. The van der Waals surface area contributed by atoms with E-state index in [2.05, 4.69) is 20.3 Å². The maximum atomic E-state index is 5.11. The third-order valence-electron chi connectivity index (χ3n) is 2.81. The topological polar surface area (TPSA) is 59.9 Å². The Morgan fingerprint density at radius 3 is 2.71 bits per heavy atom. The molecule has 5 nitrogen and oxygen atoms in total. The molecule has 3 rings (SSSR count). The number of thiazole rings is 2. The number of ether oxygens (including phenoxy) is 1. The molecule has 0 amide bonds. The number of methoxy groups -OCH3 is 1. The molecule has 0 aliphatic carbocycles. The first kappa shape index (κ1) is 14.0. The van der Waals surface area contributed by atoms with Crippen LogP contribution in [0.4, 0.5) is 10.9 Å². The normalized spacial score (nSPS) is 10.6. The molecule has 108 valence electrons. The maximum absolute atomic E-state index is 5.11. The number of hydrogen-bond acceptors (Lipinski definition) is 7. The molecule has 0 aliphatic heterocycles. The lowest BCUT2D eigenvalue weighted by molar-refractivity contribution is 0.398. The minimum atomic E-state index is 0.575. The summed E-state index contributed by atoms with van der Waals surface area (Å²) in [6.45, 7) is 4.02. The zero-order chi connectivity index (χ0) is 14.8. The standard InChI is InChI=1S/C14H14N4OS2/c1-8-13(21-9(2)15-8)10-7-20-14(16-10)18-11-5-4-6-12(17-11)19-3/h4-7H,1-3H3,(H,16,17,18). The molecule has 0 aliphatic rings. The lowest BCUT2D eigenvalue weighted by atomic mass is 10.3. The molecular weight excluding hydrogens is 304 g/mol. The van der Waals surface area contributed by atoms with E-state index in [1.807, 2.05) is 37.4 Å². The molecule has 0 saturated carbocycles. The van der Waals surface area contributed by atoms with Crippen LogP contribution < -0.4 is 10.1 Å². The van der Waals surface area contributed by atoms with Crippen molar-refractivity contribution in [2.24, 2.45) is 0 Å². The largest absolute Gasteiger partial charge is 0.481 e. The van der Waals surface area contributed by atoms with Crippen LogP contribution in [0.15, 0.2) is 23.6 Å². The molecule has 0 bridgehead atoms. The number of rotatable bonds is 4. The Morgan fingerprint density at radius 2 is 2.00 bits per heavy atom. The van der Waals surface area contributed by atoms with Gasteiger partial charge in [0.25, 0.3) is 0 Å². The van der Waals surface area contributed by atoms with Crippen molar-refractivity contribution in [3.05, 3.63) is 34.3 Å². The van der Waals surface area contributed by atoms with Gasteiger partial charge in [0.1, 0.15) is 5.82 Å². The first-order valence-corrected chi connectivity index (χ1v) is 8.03. The van der Waals surface area contributed by atoms with Crippen LogP contribution in [-0.4, -0.2) is 22.1 Å². The molecule has 0 spiro atoms. The van der Waals surface area contributed by atoms with E-state index in [0.29, 0.717) is 11.7 Å². The number of aromatic nitrogens is 3. The van der Waals surface area contributed by atoms with Crippen LogP contribution in [0.1, 0.15) is 10.7 Å². The SMILES string of the molecule is COc1cccc(Nc2nc(-c3sc(C)nc3C)cs2)n1. The van der Waals surface area contributed by atoms with Gasteiger partial charge in [-0.25, -0.2) is 9.97 Å². The Morgan fingerprint density at radius 1 is 1.14 bits per heavy atom. The molecule has 0 saturated heterocycles. The molecule has 3 heterocycles. The Hall–Kier alpha value is -1.99. The molecule has 0 unspecified atom stereocenters. The van der Waals surface area contributed by atoms with Crippen LogP contribution in [0.2, 0.25) is 0 Å². The van der Waals surface area contributed by atoms with Gasteiger partial charge in [-0.1, -0.05) is 6.07 Å². The molecule has 0 atom stereocenters. The Kier molecular flexibility index (Phi) is 3.85. The smallest absolute Gasteiger partial charge is 0.214 e. The van der Waals surface area contributed by atoms with Crippen LogP contribution in [-0.2, 0) is 0 Å². The van der Waals surface area contributed by atoms with Crippen molar-refractivity contribution in [2.45, 2.75) is 13.8 Å². The van der Waals surface area contributed by atoms with E-state index in [-0.39, 0.29) is 0 Å². The molecule has 0 aromatic carbocycles. The van der Waals surface area contributed by atoms with Gasteiger partial charge in [-0.05, 0) is 19.9 Å². The highest BCUT2D eigenvalue weighted by Crippen LogP contribution is 2.32. The van der Waals surface area contributed by atoms with E-state index in [0.717, 1.165) is 26.4 Å². The van der Waals surface area contributed by atoms with E-state index in [1.54, 1.807) is 29.8 Å². The summed E-state index contributed by atoms with van der Waals surface area (Å²) in [6.07, 6.45) is 0. The van der Waals surface area contributed by atoms with Crippen LogP contribution in [0.3, 0.4) is 0 Å². The Bertz CT molecular complexity index is 766. The fourth-order valence-electron chi connectivity index (χ4n) is 1.91. The van der Waals surface area contributed by atoms with Gasteiger partial charge in [-0.15, -0.1) is 22.7 Å². The fourth-order valence-corrected chi connectivity index (χ4v) is 3.58. The van der Waals surface area contributed by atoms with E-state index in [4.69, 9.17) is 4.74 Å². The van der Waals surface area contributed by atoms with Gasteiger partial charge < -0.3 is 10.1 Å². The molecule has 3 aromatic rings. The third-order valence-corrected chi connectivity index (χ3v) is 4.66. The summed E-state index contributed by atoms with van der Waals surface area (Å²) >= 11 is 3.21. The number of pyridine rings is 1. The van der Waals surface area contributed by atoms with Gasteiger partial charge in [-0.3, -0.25) is 0 Å². The molecule has 3 aromatic heterocycles. The highest BCUT2D eigenvalue weighted by atomic mass is 32.1. The second-order valence-corrected chi connectivity index (χ2v) is 6.44. The van der Waals surface area contributed by atoms with Crippen molar-refractivity contribution in [3.8, 4) is 16.5 Å². The van der Waals surface area contributed by atoms with Gasteiger partial charge in [0.05, 0.1) is 28.4 Å². The van der Waals surface area contributed by atoms with Crippen molar-refractivity contribution in [1.29, 1.82) is 0 Å². The zero-order valence-corrected chi connectivity index (χ0v) is 13.5. The number of nitrogens with one attached hydrogen (secondary N) is 1. The predicted octanol–water partition coefficient (Wildman–Crippen LogP) is 4.03. The second-order valence-electron chi connectivity index (χ2n) is 4.38. The maximum Gasteiger partial charge on any atom is 0.214 e. The van der Waals surface area contributed by atoms with Crippen molar-refractivity contribution in [3.63, 3.8) is 0 Å². The minimum absolute atomic E-state index is 0.575. The lowest BCUT2D eigenvalue weighted by Crippen LogP contribution is -1.95. The van der Waals surface area contributed by atoms with Crippen molar-refractivity contribution in [1.82, 2.24) is 15.0 Å². The van der Waals surface area contributed by atoms with Gasteiger partial charge in [0.15, 0.2) is 5.13 Å². The van der Waals surface area contributed by atoms with Crippen LogP contribution >= 0.6 is 22.7 Å². The number of anilines is 2. The van der Waals surface area contributed by atoms with Crippen molar-refractivity contribution < 1.29 is 4.74 Å². The van der Waals surface area contributed by atoms with Crippen molar-refractivity contribution >= 4 is 33.6 Å². The van der Waals surface area contributed by atoms with Gasteiger partial charge in [0.2, 0.25) is 5.88 Å². The highest BCUT2D eigenvalue weighted by Gasteiger charge is 2.11. The van der Waals surface area contributed by atoms with Gasteiger partial charge in [0, 0.05) is 11.4 Å². The molecule has 1 N–H and O–H groups in total. The monoisotopic (exact) mass is 318 g/mol. The molecule has 7 heteroatoms. The van der Waals surface area contributed by atoms with E-state index in [9.17, 15) is 0 Å². The summed E-state index contributed by atoms with van der Waals surface area (Å²) in [5, 5.41) is 7.08. The number of nitrogens with zero attached hydrogens (tertiary/aromatic N) is 3. The number of aryl methyl sites for hydroxylation is 2. The summed E-state index contributed by atoms with van der Waals surface area (Å²) in [4.78, 5) is 14.5. The van der Waals surface area contributed by atoms with E-state index >= 15 is 0 Å². The Balaban J connectivity index is 1.83. The number of hydrogen-bond donors (Lipinski definition) is 1. The van der Waals surface area contributed by atoms with Crippen LogP contribution in [0.25, 0.3) is 10.6 Å². The van der Waals surface area contributed by atoms with E-state index in [1.165, 1.54) is 0 Å². The zero-order valence-electron chi connectivity index (χ0n) is 11.9. The summed E-state index contributed by atoms with van der Waals surface area (Å²) in [5.74, 6) is 1.29. The first-order valence-electron chi connectivity index (χ1n) is 6.33. The summed E-state index contributed by atoms with van der Waals surface area (Å²) in [5.41, 5.74) is 1.97. The van der Waals surface area contributed by atoms with Crippen LogP contribution in [0.5, 0.6) is 5.88 Å². The summed E-state index contributed by atoms with van der Waals surface area (Å²) in [6, 6.07) is 5.58. The van der Waals surface area contributed by atoms with Gasteiger partial charge >= 0.3 is 0 Å². The quantitative estimate of drug-likeness (QED) is 0.787. The average molecular weight is 318 g/mol. The van der Waals surface area contributed by atoms with Crippen molar-refractivity contribution in [2.75, 3.05) is 12.4 Å². The summed E-state index contributed by atoms with van der Waals surface area (Å²) < 4.78 is 5.11. The first-order chi connectivity index (χ1) is 10.2. The minimum Gasteiger partial charge on any atom is -0.481 e. The van der Waals surface area contributed by atoms with E-state index < -0.39 is 0 Å². The van der Waals surface area contributed by atoms with Gasteiger partial charge in [-0.2, -0.15) is 4.98 Å². The average Bonchev–Trinajstić information content (AvgIpc) is 3.05. The van der Waals surface area contributed by atoms with Crippen LogP contribution in [0, 0.1) is 13.8 Å². The third kappa shape index (κ3) is 3.03. The fraction of sp³-hybridized carbons (Fsp3) is 0.214.